The number of fused-ring (bicyclic) bond motifs is 1. The monoisotopic (exact) mass is 303 g/mol. The second-order valence-electron chi connectivity index (χ2n) is 4.80. The molecule has 0 aliphatic rings. The molecule has 1 N–H and O–H groups in total. The fraction of sp³-hybridized carbons (Fsp3) is 0.0588. The van der Waals surface area contributed by atoms with Crippen LogP contribution in [0.5, 0.6) is 0 Å². The molecule has 0 radical (unpaired) electrons. The molecule has 6 heteroatoms. The lowest BCUT2D eigenvalue weighted by Crippen LogP contribution is -2.18. The number of amides is 1. The number of pyridine rings is 1. The smallest absolute Gasteiger partial charge is 0.289 e. The first-order chi connectivity index (χ1) is 11.3. The molecule has 0 unspecified atom stereocenters. The first kappa shape index (κ1) is 14.5. The van der Waals surface area contributed by atoms with Gasteiger partial charge in [0.25, 0.3) is 5.91 Å². The molecule has 0 aliphatic carbocycles. The van der Waals surface area contributed by atoms with Gasteiger partial charge in [-0.25, -0.2) is 5.43 Å². The molecule has 0 fully saturated rings. The summed E-state index contributed by atoms with van der Waals surface area (Å²) in [6.07, 6.45) is 4.95. The number of nitrogens with one attached hydrogen (secondary N) is 1. The van der Waals surface area contributed by atoms with Crippen LogP contribution in [0.15, 0.2) is 60.0 Å². The van der Waals surface area contributed by atoms with E-state index in [9.17, 15) is 4.79 Å². The Kier molecular flexibility index (Phi) is 4.11. The van der Waals surface area contributed by atoms with Gasteiger partial charge in [0, 0.05) is 28.9 Å². The predicted molar refractivity (Wildman–Crippen MR) is 86.8 cm³/mol. The number of carbonyl (C=O) groups is 1. The number of hydrogen-bond acceptors (Lipinski definition) is 4. The molecule has 1 amide bonds. The van der Waals surface area contributed by atoms with Gasteiger partial charge in [0.15, 0.2) is 0 Å². The minimum atomic E-state index is -0.373. The number of nitriles is 1. The molecule has 2 heterocycles. The van der Waals surface area contributed by atoms with Gasteiger partial charge >= 0.3 is 0 Å². The molecule has 0 aliphatic heterocycles. The van der Waals surface area contributed by atoms with Crippen molar-refractivity contribution in [2.45, 2.75) is 6.54 Å². The molecule has 0 bridgehead atoms. The second-order valence-corrected chi connectivity index (χ2v) is 4.80. The summed E-state index contributed by atoms with van der Waals surface area (Å²) in [5.74, 6) is -0.373. The van der Waals surface area contributed by atoms with Gasteiger partial charge in [-0.05, 0) is 18.2 Å². The van der Waals surface area contributed by atoms with Crippen LogP contribution in [-0.4, -0.2) is 21.7 Å². The van der Waals surface area contributed by atoms with Crippen LogP contribution >= 0.6 is 0 Å². The highest BCUT2D eigenvalue weighted by atomic mass is 16.2. The Morgan fingerprint density at radius 2 is 2.13 bits per heavy atom. The normalized spacial score (nSPS) is 10.7. The molecule has 3 aromatic rings. The third kappa shape index (κ3) is 3.09. The van der Waals surface area contributed by atoms with E-state index in [1.54, 1.807) is 30.6 Å². The summed E-state index contributed by atoms with van der Waals surface area (Å²) in [6, 6.07) is 14.9. The summed E-state index contributed by atoms with van der Waals surface area (Å²) in [5, 5.41) is 13.8. The van der Waals surface area contributed by atoms with Crippen LogP contribution in [0.4, 0.5) is 0 Å². The minimum absolute atomic E-state index is 0.259. The number of nitrogens with zero attached hydrogens (tertiary/aromatic N) is 4. The van der Waals surface area contributed by atoms with Crippen LogP contribution < -0.4 is 5.43 Å². The Labute approximate surface area is 132 Å². The van der Waals surface area contributed by atoms with Gasteiger partial charge in [-0.15, -0.1) is 0 Å². The summed E-state index contributed by atoms with van der Waals surface area (Å²) < 4.78 is 1.84. The van der Waals surface area contributed by atoms with Crippen molar-refractivity contribution in [3.05, 3.63) is 66.1 Å². The predicted octanol–water partition coefficient (Wildman–Crippen LogP) is 2.32. The van der Waals surface area contributed by atoms with Crippen LogP contribution in [0.1, 0.15) is 16.1 Å². The topological polar surface area (TPSA) is 83.1 Å². The van der Waals surface area contributed by atoms with Crippen molar-refractivity contribution in [2.24, 2.45) is 5.10 Å². The van der Waals surface area contributed by atoms with E-state index in [0.717, 1.165) is 16.5 Å². The average molecular weight is 303 g/mol. The first-order valence-corrected chi connectivity index (χ1v) is 6.99. The number of aromatic nitrogens is 2. The second kappa shape index (κ2) is 6.54. The molecule has 23 heavy (non-hydrogen) atoms. The number of hydrogen-bond donors (Lipinski definition) is 1. The molecule has 6 nitrogen and oxygen atoms in total. The number of benzene rings is 1. The Hall–Kier alpha value is -3.46. The van der Waals surface area contributed by atoms with Crippen LogP contribution in [0, 0.1) is 11.3 Å². The van der Waals surface area contributed by atoms with Gasteiger partial charge < -0.3 is 4.57 Å². The van der Waals surface area contributed by atoms with Crippen LogP contribution in [0.3, 0.4) is 0 Å². The third-order valence-electron chi connectivity index (χ3n) is 3.33. The first-order valence-electron chi connectivity index (χ1n) is 6.99. The Balaban J connectivity index is 1.82. The molecule has 2 aromatic heterocycles. The van der Waals surface area contributed by atoms with Gasteiger partial charge in [-0.3, -0.25) is 9.78 Å². The maximum atomic E-state index is 11.9. The highest BCUT2D eigenvalue weighted by molar-refractivity contribution is 6.00. The lowest BCUT2D eigenvalue weighted by molar-refractivity contribution is 0.0950. The minimum Gasteiger partial charge on any atom is -0.333 e. The average Bonchev–Trinajstić information content (AvgIpc) is 2.94. The highest BCUT2D eigenvalue weighted by Crippen LogP contribution is 2.19. The highest BCUT2D eigenvalue weighted by Gasteiger charge is 2.07. The van der Waals surface area contributed by atoms with E-state index < -0.39 is 0 Å². The van der Waals surface area contributed by atoms with Gasteiger partial charge in [-0.1, -0.05) is 24.3 Å². The quantitative estimate of drug-likeness (QED) is 0.593. The van der Waals surface area contributed by atoms with E-state index in [2.05, 4.69) is 21.6 Å². The molecular weight excluding hydrogens is 290 g/mol. The summed E-state index contributed by atoms with van der Waals surface area (Å²) in [6.45, 7) is 0.259. The van der Waals surface area contributed by atoms with Gasteiger partial charge in [-0.2, -0.15) is 10.4 Å². The fourth-order valence-electron chi connectivity index (χ4n) is 2.30. The maximum Gasteiger partial charge on any atom is 0.289 e. The van der Waals surface area contributed by atoms with Crippen molar-refractivity contribution in [1.82, 2.24) is 15.0 Å². The summed E-state index contributed by atoms with van der Waals surface area (Å²) in [5.41, 5.74) is 4.53. The molecule has 0 saturated carbocycles. The van der Waals surface area contributed by atoms with Crippen molar-refractivity contribution in [2.75, 3.05) is 0 Å². The third-order valence-corrected chi connectivity index (χ3v) is 3.33. The molecule has 0 saturated heterocycles. The van der Waals surface area contributed by atoms with Crippen molar-refractivity contribution < 1.29 is 4.79 Å². The van der Waals surface area contributed by atoms with Crippen molar-refractivity contribution in [1.29, 1.82) is 5.26 Å². The Morgan fingerprint density at radius 3 is 2.91 bits per heavy atom. The van der Waals surface area contributed by atoms with Crippen LogP contribution in [-0.2, 0) is 6.54 Å². The van der Waals surface area contributed by atoms with E-state index in [0.29, 0.717) is 5.69 Å². The number of para-hydroxylation sites is 1. The zero-order valence-electron chi connectivity index (χ0n) is 12.2. The molecule has 0 spiro atoms. The van der Waals surface area contributed by atoms with Crippen LogP contribution in [0.25, 0.3) is 10.9 Å². The molecule has 112 valence electrons. The molecule has 0 atom stereocenters. The Morgan fingerprint density at radius 1 is 1.30 bits per heavy atom. The molecular formula is C17H13N5O. The lowest BCUT2D eigenvalue weighted by atomic mass is 10.2. The van der Waals surface area contributed by atoms with E-state index in [4.69, 9.17) is 5.26 Å². The van der Waals surface area contributed by atoms with Gasteiger partial charge in [0.05, 0.1) is 12.3 Å². The fourth-order valence-corrected chi connectivity index (χ4v) is 2.30. The van der Waals surface area contributed by atoms with E-state index >= 15 is 0 Å². The summed E-state index contributed by atoms with van der Waals surface area (Å²) in [4.78, 5) is 15.8. The van der Waals surface area contributed by atoms with Crippen molar-refractivity contribution in [3.63, 3.8) is 0 Å². The number of hydrazone groups is 1. The molecule has 3 rings (SSSR count). The van der Waals surface area contributed by atoms with Crippen LogP contribution in [0.2, 0.25) is 0 Å². The molecule has 1 aromatic carbocycles. The van der Waals surface area contributed by atoms with E-state index in [-0.39, 0.29) is 12.5 Å². The Bertz CT molecular complexity index is 906. The SMILES string of the molecule is N#CCn1cc(/C=N\NC(=O)c2ccccn2)c2ccccc21. The van der Waals surface area contributed by atoms with Gasteiger partial charge in [0.1, 0.15) is 12.2 Å². The standard InChI is InChI=1S/C17H13N5O/c18-8-10-22-12-13(14-5-1-2-7-16(14)22)11-20-21-17(23)15-6-3-4-9-19-15/h1-7,9,11-12H,10H2,(H,21,23)/b20-11-. The zero-order chi connectivity index (χ0) is 16.1. The zero-order valence-corrected chi connectivity index (χ0v) is 12.2. The van der Waals surface area contributed by atoms with E-state index in [1.807, 2.05) is 35.0 Å². The summed E-state index contributed by atoms with van der Waals surface area (Å²) >= 11 is 0. The summed E-state index contributed by atoms with van der Waals surface area (Å²) in [7, 11) is 0. The largest absolute Gasteiger partial charge is 0.333 e. The van der Waals surface area contributed by atoms with Crippen molar-refractivity contribution in [3.8, 4) is 6.07 Å². The maximum absolute atomic E-state index is 11.9. The van der Waals surface area contributed by atoms with Gasteiger partial charge in [0.2, 0.25) is 0 Å². The number of carbonyl (C=O) groups excluding carboxylic acids is 1. The van der Waals surface area contributed by atoms with Crippen molar-refractivity contribution >= 4 is 23.0 Å². The van der Waals surface area contributed by atoms with E-state index in [1.165, 1.54) is 0 Å². The lowest BCUT2D eigenvalue weighted by Gasteiger charge is -1.97. The number of rotatable bonds is 4.